The molecule has 5 rings (SSSR count). The summed E-state index contributed by atoms with van der Waals surface area (Å²) in [5, 5.41) is 19.9. The van der Waals surface area contributed by atoms with Crippen LogP contribution in [0, 0.1) is 5.92 Å². The van der Waals surface area contributed by atoms with Gasteiger partial charge in [-0.2, -0.15) is 0 Å². The number of carbonyl (C=O) groups excluding carboxylic acids is 3. The third-order valence-electron chi connectivity index (χ3n) is 9.24. The van der Waals surface area contributed by atoms with Gasteiger partial charge in [-0.1, -0.05) is 61.5 Å². The molecule has 0 radical (unpaired) electrons. The average molecular weight is 655 g/mol. The van der Waals surface area contributed by atoms with Crippen molar-refractivity contribution in [2.24, 2.45) is 5.92 Å². The maximum Gasteiger partial charge on any atom is 0.408 e. The molecule has 2 saturated carbocycles. The predicted molar refractivity (Wildman–Crippen MR) is 188 cm³/mol. The molecule has 48 heavy (non-hydrogen) atoms. The number of amides is 3. The standard InChI is InChI=1S/C39H50N4O5/c1-6-10-33(44)41-30-19-13-26(14-20-30)21-34(45)42-31-22-32(27-11-8-7-9-12-27)35(40-23-31)28-15-17-29(18-16-28)39(24-38(5,47)25-39)43-36(46)48-37(2,3)4/h7-9,11-12,15-18,22-23,26,30,47H,6,10,13-14,19-21,24-25H2,1-5H3,(H,41,44)(H,42,45)(H,43,46). The Labute approximate surface area is 284 Å². The normalized spacial score (nSPS) is 23.8. The van der Waals surface area contributed by atoms with Gasteiger partial charge < -0.3 is 25.8 Å². The monoisotopic (exact) mass is 654 g/mol. The number of aromatic nitrogens is 1. The van der Waals surface area contributed by atoms with E-state index in [2.05, 4.69) is 16.0 Å². The second-order valence-corrected chi connectivity index (χ2v) is 14.9. The Morgan fingerprint density at radius 2 is 1.60 bits per heavy atom. The lowest BCUT2D eigenvalue weighted by molar-refractivity contribution is -0.122. The molecular formula is C39H50N4O5. The minimum Gasteiger partial charge on any atom is -0.444 e. The lowest BCUT2D eigenvalue weighted by atomic mass is 9.62. The Hall–Kier alpha value is -4.24. The molecule has 2 fully saturated rings. The van der Waals surface area contributed by atoms with Crippen molar-refractivity contribution in [3.8, 4) is 22.4 Å². The number of carbonyl (C=O) groups is 3. The Kier molecular flexibility index (Phi) is 10.6. The van der Waals surface area contributed by atoms with Crippen LogP contribution in [-0.2, 0) is 19.9 Å². The molecule has 3 aromatic rings. The van der Waals surface area contributed by atoms with Crippen LogP contribution in [-0.4, -0.2) is 45.2 Å². The van der Waals surface area contributed by atoms with E-state index in [1.54, 1.807) is 13.1 Å². The molecule has 1 aromatic heterocycles. The molecule has 0 aliphatic heterocycles. The van der Waals surface area contributed by atoms with Crippen molar-refractivity contribution in [1.82, 2.24) is 15.6 Å². The van der Waals surface area contributed by atoms with Crippen molar-refractivity contribution >= 4 is 23.6 Å². The van der Waals surface area contributed by atoms with Gasteiger partial charge in [0.15, 0.2) is 0 Å². The van der Waals surface area contributed by atoms with E-state index in [1.807, 2.05) is 88.4 Å². The molecule has 0 bridgehead atoms. The largest absolute Gasteiger partial charge is 0.444 e. The lowest BCUT2D eigenvalue weighted by Crippen LogP contribution is -2.62. The van der Waals surface area contributed by atoms with Gasteiger partial charge in [0, 0.05) is 42.9 Å². The highest BCUT2D eigenvalue weighted by Crippen LogP contribution is 2.48. The molecule has 2 aliphatic rings. The first-order valence-electron chi connectivity index (χ1n) is 17.2. The van der Waals surface area contributed by atoms with Crippen molar-refractivity contribution in [1.29, 1.82) is 0 Å². The molecule has 0 spiro atoms. The third-order valence-corrected chi connectivity index (χ3v) is 9.24. The highest BCUT2D eigenvalue weighted by Gasteiger charge is 2.53. The predicted octanol–water partition coefficient (Wildman–Crippen LogP) is 7.48. The summed E-state index contributed by atoms with van der Waals surface area (Å²) < 4.78 is 5.54. The second kappa shape index (κ2) is 14.5. The molecule has 4 N–H and O–H groups in total. The summed E-state index contributed by atoms with van der Waals surface area (Å²) in [6, 6.07) is 20.0. The molecular weight excluding hydrogens is 604 g/mol. The summed E-state index contributed by atoms with van der Waals surface area (Å²) in [7, 11) is 0. The molecule has 0 atom stereocenters. The van der Waals surface area contributed by atoms with E-state index < -0.39 is 22.8 Å². The SMILES string of the molecule is CCCC(=O)NC1CCC(CC(=O)Nc2cnc(-c3ccc(C4(NC(=O)OC(C)(C)C)CC(C)(O)C4)cc3)c(-c3ccccc3)c2)CC1. The number of alkyl carbamates (subject to hydrolysis) is 1. The van der Waals surface area contributed by atoms with Crippen LogP contribution in [0.25, 0.3) is 22.4 Å². The molecule has 0 unspecified atom stereocenters. The van der Waals surface area contributed by atoms with E-state index in [1.165, 1.54) is 0 Å². The molecule has 2 aliphatic carbocycles. The zero-order chi connectivity index (χ0) is 34.5. The fraction of sp³-hybridized carbons (Fsp3) is 0.487. The van der Waals surface area contributed by atoms with Gasteiger partial charge in [-0.3, -0.25) is 14.6 Å². The van der Waals surface area contributed by atoms with E-state index in [4.69, 9.17) is 9.72 Å². The molecule has 256 valence electrons. The summed E-state index contributed by atoms with van der Waals surface area (Å²) in [5.74, 6) is 0.369. The Morgan fingerprint density at radius 3 is 2.21 bits per heavy atom. The third kappa shape index (κ3) is 9.01. The van der Waals surface area contributed by atoms with Gasteiger partial charge >= 0.3 is 6.09 Å². The van der Waals surface area contributed by atoms with Gasteiger partial charge in [-0.15, -0.1) is 0 Å². The fourth-order valence-corrected chi connectivity index (χ4v) is 7.17. The minimum atomic E-state index is -0.888. The second-order valence-electron chi connectivity index (χ2n) is 14.9. The van der Waals surface area contributed by atoms with Crippen LogP contribution in [0.15, 0.2) is 66.9 Å². The lowest BCUT2D eigenvalue weighted by Gasteiger charge is -2.52. The Balaban J connectivity index is 1.30. The first-order valence-corrected chi connectivity index (χ1v) is 17.2. The van der Waals surface area contributed by atoms with Crippen LogP contribution in [0.3, 0.4) is 0 Å². The molecule has 9 heteroatoms. The fourth-order valence-electron chi connectivity index (χ4n) is 7.17. The van der Waals surface area contributed by atoms with E-state index in [-0.39, 0.29) is 23.8 Å². The van der Waals surface area contributed by atoms with Gasteiger partial charge in [0.25, 0.3) is 0 Å². The highest BCUT2D eigenvalue weighted by atomic mass is 16.6. The van der Waals surface area contributed by atoms with Gasteiger partial charge in [0.05, 0.1) is 28.7 Å². The van der Waals surface area contributed by atoms with Crippen LogP contribution >= 0.6 is 0 Å². The van der Waals surface area contributed by atoms with Crippen LogP contribution < -0.4 is 16.0 Å². The number of nitrogens with one attached hydrogen (secondary N) is 3. The number of rotatable bonds is 10. The zero-order valence-corrected chi connectivity index (χ0v) is 28.9. The van der Waals surface area contributed by atoms with Gasteiger partial charge in [0.1, 0.15) is 5.60 Å². The van der Waals surface area contributed by atoms with Crippen LogP contribution in [0.1, 0.15) is 98.0 Å². The van der Waals surface area contributed by atoms with Gasteiger partial charge in [-0.05, 0) is 82.9 Å². The van der Waals surface area contributed by atoms with E-state index in [0.717, 1.165) is 60.1 Å². The topological polar surface area (TPSA) is 130 Å². The number of anilines is 1. The number of benzene rings is 2. The summed E-state index contributed by atoms with van der Waals surface area (Å²) in [6.45, 7) is 9.24. The Bertz CT molecular complexity index is 1580. The number of hydrogen-bond donors (Lipinski definition) is 4. The van der Waals surface area contributed by atoms with Gasteiger partial charge in [0.2, 0.25) is 11.8 Å². The van der Waals surface area contributed by atoms with Gasteiger partial charge in [-0.25, -0.2) is 4.79 Å². The van der Waals surface area contributed by atoms with Crippen molar-refractivity contribution in [2.45, 2.75) is 115 Å². The number of hydrogen-bond acceptors (Lipinski definition) is 6. The quantitative estimate of drug-likeness (QED) is 0.179. The van der Waals surface area contributed by atoms with Crippen molar-refractivity contribution < 1.29 is 24.2 Å². The van der Waals surface area contributed by atoms with E-state index in [9.17, 15) is 19.5 Å². The zero-order valence-electron chi connectivity index (χ0n) is 28.9. The maximum absolute atomic E-state index is 13.1. The van der Waals surface area contributed by atoms with Crippen molar-refractivity contribution in [2.75, 3.05) is 5.32 Å². The maximum atomic E-state index is 13.1. The molecule has 9 nitrogen and oxygen atoms in total. The number of aliphatic hydroxyl groups is 1. The smallest absolute Gasteiger partial charge is 0.408 e. The van der Waals surface area contributed by atoms with Crippen molar-refractivity contribution in [3.05, 3.63) is 72.4 Å². The molecule has 0 saturated heterocycles. The number of nitrogens with zero attached hydrogens (tertiary/aromatic N) is 1. The summed E-state index contributed by atoms with van der Waals surface area (Å²) in [5.41, 5.74) is 2.76. The summed E-state index contributed by atoms with van der Waals surface area (Å²) in [4.78, 5) is 42.7. The van der Waals surface area contributed by atoms with Crippen LogP contribution in [0.5, 0.6) is 0 Å². The van der Waals surface area contributed by atoms with E-state index in [0.29, 0.717) is 31.4 Å². The molecule has 1 heterocycles. The summed E-state index contributed by atoms with van der Waals surface area (Å²) >= 11 is 0. The first-order chi connectivity index (χ1) is 22.7. The minimum absolute atomic E-state index is 0.0365. The highest BCUT2D eigenvalue weighted by molar-refractivity contribution is 5.93. The van der Waals surface area contributed by atoms with Crippen LogP contribution in [0.4, 0.5) is 10.5 Å². The van der Waals surface area contributed by atoms with E-state index >= 15 is 0 Å². The van der Waals surface area contributed by atoms with Crippen LogP contribution in [0.2, 0.25) is 0 Å². The Morgan fingerprint density at radius 1 is 0.938 bits per heavy atom. The molecule has 3 amide bonds. The average Bonchev–Trinajstić information content (AvgIpc) is 3.00. The van der Waals surface area contributed by atoms with Crippen molar-refractivity contribution in [3.63, 3.8) is 0 Å². The number of ether oxygens (including phenoxy) is 1. The molecule has 2 aromatic carbocycles. The first kappa shape index (κ1) is 35.1. The summed E-state index contributed by atoms with van der Waals surface area (Å²) in [6.07, 6.45) is 7.40. The number of pyridine rings is 1.